The van der Waals surface area contributed by atoms with E-state index in [9.17, 15) is 14.7 Å². The predicted molar refractivity (Wildman–Crippen MR) is 101 cm³/mol. The van der Waals surface area contributed by atoms with Crippen LogP contribution in [-0.4, -0.2) is 87.4 Å². The molecule has 27 heavy (non-hydrogen) atoms. The molecule has 8 nitrogen and oxygen atoms in total. The van der Waals surface area contributed by atoms with Gasteiger partial charge in [0.2, 0.25) is 0 Å². The van der Waals surface area contributed by atoms with Crippen molar-refractivity contribution in [1.29, 1.82) is 0 Å². The Morgan fingerprint density at radius 1 is 1.26 bits per heavy atom. The van der Waals surface area contributed by atoms with Gasteiger partial charge in [-0.3, -0.25) is 9.48 Å². The fraction of sp³-hybridized carbons (Fsp3) is 0.737. The van der Waals surface area contributed by atoms with Crippen LogP contribution in [0.15, 0.2) is 6.20 Å². The molecule has 0 unspecified atom stereocenters. The van der Waals surface area contributed by atoms with Gasteiger partial charge in [0.1, 0.15) is 0 Å². The van der Waals surface area contributed by atoms with E-state index in [-0.39, 0.29) is 17.9 Å². The van der Waals surface area contributed by atoms with E-state index in [2.05, 4.69) is 12.0 Å². The number of piperidine rings is 2. The molecule has 2 atom stereocenters. The van der Waals surface area contributed by atoms with Crippen molar-refractivity contribution in [3.05, 3.63) is 17.5 Å². The van der Waals surface area contributed by atoms with Gasteiger partial charge in [0, 0.05) is 58.4 Å². The standard InChI is InChI=1S/C19H31N5O3/c1-5-8-24-14(2)16(11-20-24)17(25)22-9-6-19(27)7-10-23(13-15(19)12-22)18(26)21(3)4/h11,15,27H,5-10,12-13H2,1-4H3/t15-,19-/m0/s1. The van der Waals surface area contributed by atoms with E-state index >= 15 is 0 Å². The minimum atomic E-state index is -0.790. The van der Waals surface area contributed by atoms with Gasteiger partial charge < -0.3 is 19.8 Å². The topological polar surface area (TPSA) is 81.9 Å². The first-order valence-electron chi connectivity index (χ1n) is 9.77. The van der Waals surface area contributed by atoms with Crippen LogP contribution in [0, 0.1) is 12.8 Å². The second kappa shape index (κ2) is 7.50. The van der Waals surface area contributed by atoms with Crippen LogP contribution in [0.4, 0.5) is 4.79 Å². The summed E-state index contributed by atoms with van der Waals surface area (Å²) in [4.78, 5) is 30.5. The van der Waals surface area contributed by atoms with E-state index in [4.69, 9.17) is 0 Å². The molecule has 150 valence electrons. The summed E-state index contributed by atoms with van der Waals surface area (Å²) in [7, 11) is 3.47. The van der Waals surface area contributed by atoms with Gasteiger partial charge in [0.05, 0.1) is 17.4 Å². The normalized spacial score (nSPS) is 25.3. The molecule has 3 amide bonds. The summed E-state index contributed by atoms with van der Waals surface area (Å²) in [6, 6.07) is -0.0443. The molecule has 2 saturated heterocycles. The Kier molecular flexibility index (Phi) is 5.46. The van der Waals surface area contributed by atoms with Crippen molar-refractivity contribution in [3.8, 4) is 0 Å². The third kappa shape index (κ3) is 3.67. The number of aryl methyl sites for hydroxylation is 1. The number of rotatable bonds is 3. The number of carbonyl (C=O) groups excluding carboxylic acids is 2. The van der Waals surface area contributed by atoms with Crippen molar-refractivity contribution >= 4 is 11.9 Å². The lowest BCUT2D eigenvalue weighted by molar-refractivity contribution is -0.100. The molecule has 3 heterocycles. The quantitative estimate of drug-likeness (QED) is 0.858. The van der Waals surface area contributed by atoms with E-state index in [1.54, 1.807) is 30.1 Å². The van der Waals surface area contributed by atoms with Crippen molar-refractivity contribution in [3.63, 3.8) is 0 Å². The van der Waals surface area contributed by atoms with Crippen LogP contribution >= 0.6 is 0 Å². The van der Waals surface area contributed by atoms with Gasteiger partial charge in [-0.1, -0.05) is 6.92 Å². The first-order chi connectivity index (χ1) is 12.8. The number of likely N-dealkylation sites (tertiary alicyclic amines) is 2. The Morgan fingerprint density at radius 2 is 1.89 bits per heavy atom. The predicted octanol–water partition coefficient (Wildman–Crippen LogP) is 1.18. The Morgan fingerprint density at radius 3 is 2.52 bits per heavy atom. The van der Waals surface area contributed by atoms with Crippen molar-refractivity contribution in [2.24, 2.45) is 5.92 Å². The molecule has 2 aliphatic heterocycles. The maximum atomic E-state index is 13.0. The fourth-order valence-corrected chi connectivity index (χ4v) is 4.21. The molecule has 2 aliphatic rings. The van der Waals surface area contributed by atoms with Gasteiger partial charge in [0.15, 0.2) is 0 Å². The van der Waals surface area contributed by atoms with E-state index in [1.165, 1.54) is 0 Å². The van der Waals surface area contributed by atoms with Gasteiger partial charge in [-0.2, -0.15) is 5.10 Å². The molecule has 0 radical (unpaired) electrons. The molecular weight excluding hydrogens is 346 g/mol. The molecule has 0 saturated carbocycles. The number of hydrogen-bond acceptors (Lipinski definition) is 4. The lowest BCUT2D eigenvalue weighted by atomic mass is 9.75. The summed E-state index contributed by atoms with van der Waals surface area (Å²) >= 11 is 0. The van der Waals surface area contributed by atoms with Crippen molar-refractivity contribution < 1.29 is 14.7 Å². The minimum absolute atomic E-state index is 0.0343. The molecule has 2 fully saturated rings. The first kappa shape index (κ1) is 19.7. The molecule has 1 aromatic heterocycles. The number of amides is 3. The molecule has 3 rings (SSSR count). The Hall–Kier alpha value is -2.09. The van der Waals surface area contributed by atoms with E-state index in [0.717, 1.165) is 18.7 Å². The average Bonchev–Trinajstić information content (AvgIpc) is 3.00. The van der Waals surface area contributed by atoms with Crippen molar-refractivity contribution in [2.45, 2.75) is 45.3 Å². The summed E-state index contributed by atoms with van der Waals surface area (Å²) < 4.78 is 1.87. The smallest absolute Gasteiger partial charge is 0.319 e. The zero-order chi connectivity index (χ0) is 19.8. The molecular formula is C19H31N5O3. The highest BCUT2D eigenvalue weighted by Gasteiger charge is 2.47. The van der Waals surface area contributed by atoms with Crippen LogP contribution in [0.2, 0.25) is 0 Å². The lowest BCUT2D eigenvalue weighted by Crippen LogP contribution is -2.62. The van der Waals surface area contributed by atoms with Gasteiger partial charge in [0.25, 0.3) is 5.91 Å². The minimum Gasteiger partial charge on any atom is -0.389 e. The highest BCUT2D eigenvalue weighted by Crippen LogP contribution is 2.36. The van der Waals surface area contributed by atoms with Crippen molar-refractivity contribution in [2.75, 3.05) is 40.3 Å². The molecule has 1 N–H and O–H groups in total. The van der Waals surface area contributed by atoms with Crippen LogP contribution in [0.3, 0.4) is 0 Å². The van der Waals surface area contributed by atoms with Crippen LogP contribution in [0.5, 0.6) is 0 Å². The number of hydrogen-bond donors (Lipinski definition) is 1. The number of fused-ring (bicyclic) bond motifs is 1. The zero-order valence-corrected chi connectivity index (χ0v) is 16.8. The Labute approximate surface area is 160 Å². The number of aromatic nitrogens is 2. The highest BCUT2D eigenvalue weighted by atomic mass is 16.3. The van der Waals surface area contributed by atoms with Gasteiger partial charge >= 0.3 is 6.03 Å². The Bertz CT molecular complexity index is 716. The van der Waals surface area contributed by atoms with Crippen LogP contribution < -0.4 is 0 Å². The van der Waals surface area contributed by atoms with Gasteiger partial charge in [-0.25, -0.2) is 4.79 Å². The number of nitrogens with zero attached hydrogens (tertiary/aromatic N) is 5. The maximum Gasteiger partial charge on any atom is 0.319 e. The fourth-order valence-electron chi connectivity index (χ4n) is 4.21. The van der Waals surface area contributed by atoms with Crippen LogP contribution in [-0.2, 0) is 6.54 Å². The molecule has 0 spiro atoms. The second-order valence-corrected chi connectivity index (χ2v) is 8.04. The van der Waals surface area contributed by atoms with Crippen LogP contribution in [0.1, 0.15) is 42.2 Å². The summed E-state index contributed by atoms with van der Waals surface area (Å²) in [5.41, 5.74) is 0.725. The largest absolute Gasteiger partial charge is 0.389 e. The first-order valence-corrected chi connectivity index (χ1v) is 9.77. The highest BCUT2D eigenvalue weighted by molar-refractivity contribution is 5.95. The van der Waals surface area contributed by atoms with Gasteiger partial charge in [-0.15, -0.1) is 0 Å². The van der Waals surface area contributed by atoms with Crippen LogP contribution in [0.25, 0.3) is 0 Å². The average molecular weight is 377 g/mol. The van der Waals surface area contributed by atoms with E-state index < -0.39 is 5.60 Å². The molecule has 8 heteroatoms. The van der Waals surface area contributed by atoms with E-state index in [0.29, 0.717) is 44.6 Å². The lowest BCUT2D eigenvalue weighted by Gasteiger charge is -2.50. The molecule has 0 bridgehead atoms. The monoisotopic (exact) mass is 377 g/mol. The summed E-state index contributed by atoms with van der Waals surface area (Å²) in [6.07, 6.45) is 3.73. The van der Waals surface area contributed by atoms with Crippen molar-refractivity contribution in [1.82, 2.24) is 24.5 Å². The molecule has 0 aliphatic carbocycles. The van der Waals surface area contributed by atoms with Gasteiger partial charge in [-0.05, 0) is 26.2 Å². The third-order valence-corrected chi connectivity index (χ3v) is 5.98. The maximum absolute atomic E-state index is 13.0. The Balaban J connectivity index is 1.73. The van der Waals surface area contributed by atoms with E-state index in [1.807, 2.05) is 16.5 Å². The second-order valence-electron chi connectivity index (χ2n) is 8.04. The summed E-state index contributed by atoms with van der Waals surface area (Å²) in [5, 5.41) is 15.4. The SMILES string of the molecule is CCCn1ncc(C(=O)N2CC[C@]3(O)CCN(C(=O)N(C)C)C[C@@H]3C2)c1C. The number of aliphatic hydroxyl groups is 1. The number of urea groups is 1. The molecule has 1 aromatic rings. The number of carbonyl (C=O) groups is 2. The molecule has 0 aromatic carbocycles. The summed E-state index contributed by atoms with van der Waals surface area (Å²) in [5.74, 6) is -0.160. The third-order valence-electron chi connectivity index (χ3n) is 5.98. The summed E-state index contributed by atoms with van der Waals surface area (Å²) in [6.45, 7) is 6.83. The zero-order valence-electron chi connectivity index (χ0n) is 16.8.